The number of hydrogen-bond acceptors (Lipinski definition) is 3. The smallest absolute Gasteiger partial charge is 0.227 e. The number of likely N-dealkylation sites (tertiary alicyclic amines) is 2. The number of carbonyl (C=O) groups excluding carboxylic acids is 1. The summed E-state index contributed by atoms with van der Waals surface area (Å²) in [4.78, 5) is 16.9. The van der Waals surface area contributed by atoms with E-state index in [0.29, 0.717) is 18.0 Å². The summed E-state index contributed by atoms with van der Waals surface area (Å²) in [6.45, 7) is 13.8. The number of amides is 1. The van der Waals surface area contributed by atoms with Crippen LogP contribution in [0.3, 0.4) is 0 Å². The van der Waals surface area contributed by atoms with E-state index < -0.39 is 0 Å². The second-order valence-corrected chi connectivity index (χ2v) is 7.69. The Morgan fingerprint density at radius 2 is 1.48 bits per heavy atom. The van der Waals surface area contributed by atoms with E-state index in [1.165, 1.54) is 32.5 Å². The molecule has 0 bridgehead atoms. The van der Waals surface area contributed by atoms with Gasteiger partial charge in [0.25, 0.3) is 0 Å². The van der Waals surface area contributed by atoms with E-state index in [4.69, 9.17) is 0 Å². The molecule has 2 aliphatic heterocycles. The molecule has 122 valence electrons. The third kappa shape index (κ3) is 4.68. The van der Waals surface area contributed by atoms with Crippen LogP contribution in [0.25, 0.3) is 0 Å². The Morgan fingerprint density at radius 3 is 1.90 bits per heavy atom. The van der Waals surface area contributed by atoms with Crippen molar-refractivity contribution in [1.29, 1.82) is 0 Å². The molecular weight excluding hydrogens is 262 g/mol. The first-order chi connectivity index (χ1) is 9.90. The van der Waals surface area contributed by atoms with Gasteiger partial charge in [-0.1, -0.05) is 27.7 Å². The van der Waals surface area contributed by atoms with Gasteiger partial charge >= 0.3 is 0 Å². The fourth-order valence-electron chi connectivity index (χ4n) is 3.47. The molecule has 0 aliphatic carbocycles. The minimum atomic E-state index is -0.243. The number of rotatable bonds is 3. The van der Waals surface area contributed by atoms with Gasteiger partial charge in [0.2, 0.25) is 5.91 Å². The van der Waals surface area contributed by atoms with Gasteiger partial charge in [0, 0.05) is 30.6 Å². The van der Waals surface area contributed by atoms with Gasteiger partial charge in [-0.25, -0.2) is 0 Å². The van der Waals surface area contributed by atoms with E-state index in [9.17, 15) is 4.79 Å². The van der Waals surface area contributed by atoms with E-state index in [1.54, 1.807) is 0 Å². The Hall–Kier alpha value is -0.610. The van der Waals surface area contributed by atoms with Gasteiger partial charge < -0.3 is 15.1 Å². The zero-order valence-corrected chi connectivity index (χ0v) is 14.3. The monoisotopic (exact) mass is 295 g/mol. The topological polar surface area (TPSA) is 35.6 Å². The Kier molecular flexibility index (Phi) is 5.67. The van der Waals surface area contributed by atoms with E-state index in [0.717, 1.165) is 25.9 Å². The lowest BCUT2D eigenvalue weighted by Crippen LogP contribution is -2.52. The second-order valence-electron chi connectivity index (χ2n) is 7.69. The van der Waals surface area contributed by atoms with Crippen molar-refractivity contribution in [1.82, 2.24) is 15.1 Å². The fraction of sp³-hybridized carbons (Fsp3) is 0.941. The molecule has 2 heterocycles. The molecule has 0 radical (unpaired) electrons. The van der Waals surface area contributed by atoms with Crippen LogP contribution in [-0.4, -0.2) is 60.5 Å². The molecule has 1 N–H and O–H groups in total. The number of nitrogens with zero attached hydrogens (tertiary/aromatic N) is 2. The molecule has 0 saturated carbocycles. The molecule has 0 unspecified atom stereocenters. The van der Waals surface area contributed by atoms with Gasteiger partial charge in [0.05, 0.1) is 0 Å². The molecule has 21 heavy (non-hydrogen) atoms. The van der Waals surface area contributed by atoms with Gasteiger partial charge in [-0.2, -0.15) is 0 Å². The van der Waals surface area contributed by atoms with Crippen LogP contribution in [-0.2, 0) is 4.79 Å². The maximum Gasteiger partial charge on any atom is 0.227 e. The van der Waals surface area contributed by atoms with Gasteiger partial charge in [-0.3, -0.25) is 4.79 Å². The Labute approximate surface area is 130 Å². The molecule has 2 rings (SSSR count). The van der Waals surface area contributed by atoms with Crippen molar-refractivity contribution in [2.24, 2.45) is 5.41 Å². The van der Waals surface area contributed by atoms with Crippen LogP contribution >= 0.6 is 0 Å². The summed E-state index contributed by atoms with van der Waals surface area (Å²) in [6.07, 6.45) is 4.76. The molecule has 2 aliphatic rings. The predicted octanol–water partition coefficient (Wildman–Crippen LogP) is 2.10. The summed E-state index contributed by atoms with van der Waals surface area (Å²) in [5.74, 6) is 0.303. The van der Waals surface area contributed by atoms with E-state index in [2.05, 4.69) is 22.0 Å². The maximum atomic E-state index is 12.3. The summed E-state index contributed by atoms with van der Waals surface area (Å²) < 4.78 is 0. The molecule has 0 spiro atoms. The average molecular weight is 295 g/mol. The van der Waals surface area contributed by atoms with Gasteiger partial charge in [0.1, 0.15) is 0 Å². The molecule has 4 nitrogen and oxygen atoms in total. The van der Waals surface area contributed by atoms with Crippen LogP contribution < -0.4 is 5.32 Å². The third-order valence-corrected chi connectivity index (χ3v) is 4.93. The highest BCUT2D eigenvalue weighted by atomic mass is 16.2. The quantitative estimate of drug-likeness (QED) is 0.866. The van der Waals surface area contributed by atoms with Gasteiger partial charge in [-0.15, -0.1) is 0 Å². The molecule has 1 amide bonds. The largest absolute Gasteiger partial charge is 0.342 e. The lowest BCUT2D eigenvalue weighted by atomic mass is 9.92. The van der Waals surface area contributed by atoms with Crippen LogP contribution in [0, 0.1) is 5.41 Å². The first kappa shape index (κ1) is 16.8. The molecule has 2 fully saturated rings. The Morgan fingerprint density at radius 1 is 1.00 bits per heavy atom. The van der Waals surface area contributed by atoms with Crippen molar-refractivity contribution in [2.45, 2.75) is 65.5 Å². The fourth-order valence-corrected chi connectivity index (χ4v) is 3.47. The number of carbonyl (C=O) groups is 1. The summed E-state index contributed by atoms with van der Waals surface area (Å²) in [5, 5.41) is 3.84. The molecule has 2 saturated heterocycles. The van der Waals surface area contributed by atoms with Crippen molar-refractivity contribution in [3.8, 4) is 0 Å². The Balaban J connectivity index is 1.71. The highest BCUT2D eigenvalue weighted by Gasteiger charge is 2.31. The van der Waals surface area contributed by atoms with E-state index in [-0.39, 0.29) is 5.41 Å². The van der Waals surface area contributed by atoms with Gasteiger partial charge in [-0.05, 0) is 45.3 Å². The van der Waals surface area contributed by atoms with Crippen LogP contribution in [0.2, 0.25) is 0 Å². The summed E-state index contributed by atoms with van der Waals surface area (Å²) in [6, 6.07) is 1.29. The van der Waals surface area contributed by atoms with Crippen molar-refractivity contribution in [3.63, 3.8) is 0 Å². The molecule has 0 aromatic rings. The third-order valence-electron chi connectivity index (χ3n) is 4.93. The van der Waals surface area contributed by atoms with Crippen LogP contribution in [0.4, 0.5) is 0 Å². The lowest BCUT2D eigenvalue weighted by Gasteiger charge is -2.39. The van der Waals surface area contributed by atoms with Gasteiger partial charge in [0.15, 0.2) is 0 Å². The molecule has 0 aromatic carbocycles. The lowest BCUT2D eigenvalue weighted by molar-refractivity contribution is -0.140. The molecular formula is C17H33N3O. The number of nitrogens with one attached hydrogen (secondary N) is 1. The number of hydrogen-bond donors (Lipinski definition) is 1. The molecule has 0 atom stereocenters. The SMILES string of the molecule is CCN1CCC(NC2CCN(C(=O)C(C)(C)C)CC2)CC1. The zero-order valence-electron chi connectivity index (χ0n) is 14.3. The maximum absolute atomic E-state index is 12.3. The van der Waals surface area contributed by atoms with E-state index in [1.807, 2.05) is 20.8 Å². The normalized spacial score (nSPS) is 23.5. The Bertz CT molecular complexity index is 334. The average Bonchev–Trinajstić information content (AvgIpc) is 2.47. The van der Waals surface area contributed by atoms with Crippen molar-refractivity contribution in [2.75, 3.05) is 32.7 Å². The summed E-state index contributed by atoms with van der Waals surface area (Å²) in [7, 11) is 0. The predicted molar refractivity (Wildman–Crippen MR) is 87.3 cm³/mol. The van der Waals surface area contributed by atoms with Crippen LogP contribution in [0.5, 0.6) is 0 Å². The van der Waals surface area contributed by atoms with Crippen LogP contribution in [0.1, 0.15) is 53.4 Å². The second kappa shape index (κ2) is 7.10. The highest BCUT2D eigenvalue weighted by Crippen LogP contribution is 2.22. The van der Waals surface area contributed by atoms with E-state index >= 15 is 0 Å². The standard InChI is InChI=1S/C17H33N3O/c1-5-19-10-6-14(7-11-19)18-15-8-12-20(13-9-15)16(21)17(2,3)4/h14-15,18H,5-13H2,1-4H3. The minimum Gasteiger partial charge on any atom is -0.342 e. The van der Waals surface area contributed by atoms with Crippen molar-refractivity contribution in [3.05, 3.63) is 0 Å². The zero-order chi connectivity index (χ0) is 15.5. The number of piperidine rings is 2. The molecule has 0 aromatic heterocycles. The van der Waals surface area contributed by atoms with Crippen LogP contribution in [0.15, 0.2) is 0 Å². The minimum absolute atomic E-state index is 0.243. The highest BCUT2D eigenvalue weighted by molar-refractivity contribution is 5.81. The first-order valence-corrected chi connectivity index (χ1v) is 8.68. The van der Waals surface area contributed by atoms with Crippen molar-refractivity contribution >= 4 is 5.91 Å². The summed E-state index contributed by atoms with van der Waals surface area (Å²) in [5.41, 5.74) is -0.243. The first-order valence-electron chi connectivity index (χ1n) is 8.68. The molecule has 4 heteroatoms. The van der Waals surface area contributed by atoms with Crippen molar-refractivity contribution < 1.29 is 4.79 Å². The summed E-state index contributed by atoms with van der Waals surface area (Å²) >= 11 is 0.